The van der Waals surface area contributed by atoms with E-state index in [0.29, 0.717) is 18.3 Å². The molecule has 0 saturated carbocycles. The topological polar surface area (TPSA) is 72.1 Å². The molecule has 3 amide bonds. The molecule has 3 aliphatic rings. The number of guanidine groups is 1. The van der Waals surface area contributed by atoms with Gasteiger partial charge in [-0.15, -0.1) is 11.3 Å². The number of urea groups is 1. The Morgan fingerprint density at radius 3 is 2.81 bits per heavy atom. The van der Waals surface area contributed by atoms with Crippen molar-refractivity contribution < 1.29 is 14.2 Å². The van der Waals surface area contributed by atoms with E-state index in [1.807, 2.05) is 18.2 Å². The lowest BCUT2D eigenvalue weighted by Crippen LogP contribution is -2.63. The van der Waals surface area contributed by atoms with Crippen LogP contribution in [0.15, 0.2) is 33.6 Å². The van der Waals surface area contributed by atoms with Crippen molar-refractivity contribution in [1.29, 1.82) is 0 Å². The van der Waals surface area contributed by atoms with E-state index in [2.05, 4.69) is 22.5 Å². The van der Waals surface area contributed by atoms with Crippen molar-refractivity contribution in [2.45, 2.75) is 30.1 Å². The van der Waals surface area contributed by atoms with Gasteiger partial charge >= 0.3 is 12.0 Å². The lowest BCUT2D eigenvalue weighted by Gasteiger charge is -2.33. The van der Waals surface area contributed by atoms with Gasteiger partial charge in [0.15, 0.2) is 4.34 Å². The van der Waals surface area contributed by atoms with Crippen molar-refractivity contribution in [3.05, 3.63) is 24.3 Å². The lowest BCUT2D eigenvalue weighted by molar-refractivity contribution is -0.550. The Kier molecular flexibility index (Phi) is 5.66. The molecule has 0 N–H and O–H groups in total. The summed E-state index contributed by atoms with van der Waals surface area (Å²) in [5.41, 5.74) is 1.02. The van der Waals surface area contributed by atoms with E-state index in [0.717, 1.165) is 41.1 Å². The second-order valence-corrected chi connectivity index (χ2v) is 11.0. The minimum Gasteiger partial charge on any atom is -0.270 e. The number of amidine groups is 1. The van der Waals surface area contributed by atoms with Gasteiger partial charge in [-0.2, -0.15) is 0 Å². The number of nitrogens with zero attached hydrogens (tertiary/aromatic N) is 6. The second-order valence-electron chi connectivity index (χ2n) is 8.59. The fourth-order valence-corrected chi connectivity index (χ4v) is 6.66. The van der Waals surface area contributed by atoms with Gasteiger partial charge in [0.1, 0.15) is 0 Å². The molecule has 0 spiro atoms. The van der Waals surface area contributed by atoms with Crippen molar-refractivity contribution in [3.63, 3.8) is 0 Å². The third-order valence-electron chi connectivity index (χ3n) is 6.28. The molecular formula is C22H27N6O2S2+. The van der Waals surface area contributed by atoms with Crippen molar-refractivity contribution in [2.75, 3.05) is 39.5 Å². The first kappa shape index (κ1) is 21.4. The standard InChI is InChI=1S/C22H27N6O2S2/c1-14-7-6-10-27(13-14)20-24-18-17(19(29)26(3)22(30)25(18)2)28(20)11-12-31-21-23-15-8-4-5-9-16(15)32-21/h4-5,8-9,14,17H,6-7,10-13H2,1-3H3/q+1. The molecule has 2 saturated heterocycles. The first-order valence-electron chi connectivity index (χ1n) is 10.9. The van der Waals surface area contributed by atoms with Gasteiger partial charge in [-0.1, -0.05) is 35.8 Å². The number of carbonyl (C=O) groups is 2. The summed E-state index contributed by atoms with van der Waals surface area (Å²) in [6, 6.07) is 7.27. The molecule has 10 heteroatoms. The third-order valence-corrected chi connectivity index (χ3v) is 8.44. The lowest BCUT2D eigenvalue weighted by atomic mass is 10.0. The summed E-state index contributed by atoms with van der Waals surface area (Å²) >= 11 is 3.40. The van der Waals surface area contributed by atoms with Crippen LogP contribution in [-0.2, 0) is 4.79 Å². The van der Waals surface area contributed by atoms with Crippen LogP contribution in [0.2, 0.25) is 0 Å². The van der Waals surface area contributed by atoms with E-state index in [-0.39, 0.29) is 11.9 Å². The summed E-state index contributed by atoms with van der Waals surface area (Å²) in [4.78, 5) is 40.0. The Hall–Kier alpha value is -2.46. The maximum Gasteiger partial charge on any atom is 0.392 e. The molecule has 1 aromatic carbocycles. The number of thioether (sulfide) groups is 1. The molecule has 2 aromatic rings. The Labute approximate surface area is 195 Å². The van der Waals surface area contributed by atoms with Crippen molar-refractivity contribution in [2.24, 2.45) is 10.9 Å². The van der Waals surface area contributed by atoms with Crippen molar-refractivity contribution in [3.8, 4) is 0 Å². The normalized spacial score (nSPS) is 26.2. The molecule has 2 fully saturated rings. The Bertz CT molecular complexity index is 1110. The van der Waals surface area contributed by atoms with Gasteiger partial charge in [0.25, 0.3) is 5.91 Å². The van der Waals surface area contributed by atoms with Gasteiger partial charge in [-0.25, -0.2) is 14.7 Å². The number of likely N-dealkylation sites (N-methyl/N-ethyl adjacent to an activating group) is 2. The number of fused-ring (bicyclic) bond motifs is 2. The maximum atomic E-state index is 13.1. The molecule has 1 aromatic heterocycles. The molecule has 2 unspecified atom stereocenters. The molecule has 8 nitrogen and oxygen atoms in total. The van der Waals surface area contributed by atoms with E-state index >= 15 is 0 Å². The van der Waals surface area contributed by atoms with Gasteiger partial charge in [0, 0.05) is 19.8 Å². The highest BCUT2D eigenvalue weighted by molar-refractivity contribution is 8.01. The van der Waals surface area contributed by atoms with Gasteiger partial charge in [-0.3, -0.25) is 19.2 Å². The molecule has 3 aliphatic heterocycles. The number of thiazole rings is 1. The predicted octanol–water partition coefficient (Wildman–Crippen LogP) is 2.79. The van der Waals surface area contributed by atoms with Crippen LogP contribution in [0.3, 0.4) is 0 Å². The molecule has 168 valence electrons. The van der Waals surface area contributed by atoms with Crippen LogP contribution in [0.1, 0.15) is 19.8 Å². The Morgan fingerprint density at radius 2 is 2.03 bits per heavy atom. The van der Waals surface area contributed by atoms with Crippen LogP contribution in [-0.4, -0.2) is 93.5 Å². The van der Waals surface area contributed by atoms with Crippen LogP contribution in [0.25, 0.3) is 10.2 Å². The monoisotopic (exact) mass is 471 g/mol. The summed E-state index contributed by atoms with van der Waals surface area (Å²) < 4.78 is 4.49. The number of aromatic nitrogens is 1. The quantitative estimate of drug-likeness (QED) is 0.507. The van der Waals surface area contributed by atoms with Gasteiger partial charge in [0.2, 0.25) is 11.9 Å². The van der Waals surface area contributed by atoms with Gasteiger partial charge in [-0.05, 0) is 30.9 Å². The van der Waals surface area contributed by atoms with Crippen LogP contribution in [0.4, 0.5) is 4.79 Å². The van der Waals surface area contributed by atoms with Crippen molar-refractivity contribution in [1.82, 2.24) is 19.7 Å². The van der Waals surface area contributed by atoms with Crippen molar-refractivity contribution >= 4 is 57.0 Å². The minimum atomic E-state index is -0.550. The first-order chi connectivity index (χ1) is 15.4. The summed E-state index contributed by atoms with van der Waals surface area (Å²) in [5, 5.41) is 0. The zero-order valence-electron chi connectivity index (χ0n) is 18.5. The van der Waals surface area contributed by atoms with E-state index in [4.69, 9.17) is 9.98 Å². The third kappa shape index (κ3) is 3.69. The first-order valence-corrected chi connectivity index (χ1v) is 12.7. The van der Waals surface area contributed by atoms with Gasteiger partial charge < -0.3 is 0 Å². The molecular weight excluding hydrogens is 444 g/mol. The molecule has 0 bridgehead atoms. The highest BCUT2D eigenvalue weighted by Crippen LogP contribution is 2.30. The fourth-order valence-electron chi connectivity index (χ4n) is 4.58. The second kappa shape index (κ2) is 8.47. The fraction of sp³-hybridized carbons (Fsp3) is 0.500. The van der Waals surface area contributed by atoms with E-state index in [1.54, 1.807) is 37.2 Å². The van der Waals surface area contributed by atoms with E-state index in [1.165, 1.54) is 20.9 Å². The van der Waals surface area contributed by atoms with Crippen LogP contribution in [0, 0.1) is 5.92 Å². The zero-order valence-corrected chi connectivity index (χ0v) is 20.2. The molecule has 0 radical (unpaired) electrons. The number of imide groups is 1. The molecule has 0 aliphatic carbocycles. The van der Waals surface area contributed by atoms with E-state index < -0.39 is 6.04 Å². The SMILES string of the molecule is CC1CCC[N+](=C2N=C3C(C(=O)N(C)C(=O)N3C)N2CCSc2nc3ccccc3s2)C1. The molecule has 2 atom stereocenters. The highest BCUT2D eigenvalue weighted by Gasteiger charge is 2.55. The van der Waals surface area contributed by atoms with Crippen LogP contribution < -0.4 is 0 Å². The number of benzene rings is 1. The smallest absolute Gasteiger partial charge is 0.270 e. The van der Waals surface area contributed by atoms with E-state index in [9.17, 15) is 9.59 Å². The number of carbonyl (C=O) groups excluding carboxylic acids is 2. The number of hydrogen-bond acceptors (Lipinski definition) is 5. The number of piperidine rings is 1. The molecule has 32 heavy (non-hydrogen) atoms. The highest BCUT2D eigenvalue weighted by atomic mass is 32.2. The maximum absolute atomic E-state index is 13.1. The predicted molar refractivity (Wildman–Crippen MR) is 128 cm³/mol. The average molecular weight is 472 g/mol. The number of aliphatic imine (C=N–C) groups is 1. The largest absolute Gasteiger partial charge is 0.392 e. The minimum absolute atomic E-state index is 0.211. The summed E-state index contributed by atoms with van der Waals surface area (Å²) in [6.07, 6.45) is 2.31. The number of amides is 3. The summed E-state index contributed by atoms with van der Waals surface area (Å²) in [5.74, 6) is 2.51. The zero-order chi connectivity index (χ0) is 22.4. The Balaban J connectivity index is 1.41. The van der Waals surface area contributed by atoms with Crippen LogP contribution >= 0.6 is 23.1 Å². The average Bonchev–Trinajstić information content (AvgIpc) is 3.38. The van der Waals surface area contributed by atoms with Gasteiger partial charge in [0.05, 0.1) is 29.9 Å². The summed E-state index contributed by atoms with van der Waals surface area (Å²) in [6.45, 7) is 4.75. The van der Waals surface area contributed by atoms with Crippen LogP contribution in [0.5, 0.6) is 0 Å². The molecule has 4 heterocycles. The summed E-state index contributed by atoms with van der Waals surface area (Å²) in [7, 11) is 3.25. The number of para-hydroxylation sites is 1. The number of rotatable bonds is 4. The number of hydrogen-bond donors (Lipinski definition) is 0. The Morgan fingerprint density at radius 1 is 1.22 bits per heavy atom. The molecule has 5 rings (SSSR count).